The molecule has 1 aromatic heterocycles. The van der Waals surface area contributed by atoms with Gasteiger partial charge in [-0.05, 0) is 31.5 Å². The van der Waals surface area contributed by atoms with Crippen molar-refractivity contribution in [1.29, 1.82) is 0 Å². The van der Waals surface area contributed by atoms with Gasteiger partial charge in [-0.25, -0.2) is 0 Å². The molecule has 0 saturated heterocycles. The van der Waals surface area contributed by atoms with Crippen molar-refractivity contribution in [2.24, 2.45) is 0 Å². The molecule has 5 heteroatoms. The molecule has 0 bridgehead atoms. The van der Waals surface area contributed by atoms with E-state index in [1.807, 2.05) is 37.5 Å². The van der Waals surface area contributed by atoms with Crippen LogP contribution >= 0.6 is 0 Å². The van der Waals surface area contributed by atoms with Crippen LogP contribution in [0.25, 0.3) is 0 Å². The maximum atomic E-state index is 5.58. The highest BCUT2D eigenvalue weighted by molar-refractivity contribution is 5.43. The second-order valence-corrected chi connectivity index (χ2v) is 4.55. The highest BCUT2D eigenvalue weighted by atomic mass is 16.5. The molecule has 108 valence electrons. The first-order valence-electron chi connectivity index (χ1n) is 6.76. The number of benzene rings is 1. The Bertz CT molecular complexity index is 526. The van der Waals surface area contributed by atoms with Crippen LogP contribution in [0.15, 0.2) is 30.6 Å². The Morgan fingerprint density at radius 3 is 2.85 bits per heavy atom. The lowest BCUT2D eigenvalue weighted by Crippen LogP contribution is -2.17. The third-order valence-corrected chi connectivity index (χ3v) is 3.16. The lowest BCUT2D eigenvalue weighted by atomic mass is 10.1. The van der Waals surface area contributed by atoms with Crippen LogP contribution in [0.1, 0.15) is 31.0 Å². The zero-order valence-corrected chi connectivity index (χ0v) is 12.1. The summed E-state index contributed by atoms with van der Waals surface area (Å²) in [5, 5.41) is 10.2. The van der Waals surface area contributed by atoms with Crippen molar-refractivity contribution < 1.29 is 9.47 Å². The van der Waals surface area contributed by atoms with Crippen molar-refractivity contribution in [3.8, 4) is 11.5 Å². The number of hydrogen-bond acceptors (Lipinski definition) is 4. The monoisotopic (exact) mass is 275 g/mol. The van der Waals surface area contributed by atoms with E-state index >= 15 is 0 Å². The SMILES string of the molecule is CCOc1cc(CNC(C)c2cn[nH]c2)ccc1OC. The molecule has 0 amide bonds. The number of methoxy groups -OCH3 is 1. The molecule has 2 rings (SSSR count). The molecular weight excluding hydrogens is 254 g/mol. The van der Waals surface area contributed by atoms with Gasteiger partial charge in [0.25, 0.3) is 0 Å². The number of nitrogens with one attached hydrogen (secondary N) is 2. The minimum Gasteiger partial charge on any atom is -0.493 e. The lowest BCUT2D eigenvalue weighted by molar-refractivity contribution is 0.310. The smallest absolute Gasteiger partial charge is 0.161 e. The topological polar surface area (TPSA) is 59.2 Å². The average Bonchev–Trinajstić information content (AvgIpc) is 2.99. The van der Waals surface area contributed by atoms with E-state index in [-0.39, 0.29) is 6.04 Å². The molecule has 2 N–H and O–H groups in total. The first kappa shape index (κ1) is 14.4. The van der Waals surface area contributed by atoms with Gasteiger partial charge in [-0.15, -0.1) is 0 Å². The van der Waals surface area contributed by atoms with Crippen LogP contribution in [-0.2, 0) is 6.54 Å². The Morgan fingerprint density at radius 2 is 2.20 bits per heavy atom. The molecule has 1 atom stereocenters. The third kappa shape index (κ3) is 3.51. The maximum absolute atomic E-state index is 5.58. The van der Waals surface area contributed by atoms with Crippen LogP contribution in [0.4, 0.5) is 0 Å². The van der Waals surface area contributed by atoms with Crippen LogP contribution in [0.3, 0.4) is 0 Å². The summed E-state index contributed by atoms with van der Waals surface area (Å²) in [6, 6.07) is 6.23. The molecule has 0 aliphatic heterocycles. The van der Waals surface area contributed by atoms with E-state index in [0.717, 1.165) is 29.2 Å². The first-order chi connectivity index (χ1) is 9.74. The number of aromatic nitrogens is 2. The summed E-state index contributed by atoms with van der Waals surface area (Å²) in [4.78, 5) is 0. The van der Waals surface area contributed by atoms with Crippen LogP contribution < -0.4 is 14.8 Å². The number of H-pyrrole nitrogens is 1. The fourth-order valence-corrected chi connectivity index (χ4v) is 1.99. The highest BCUT2D eigenvalue weighted by Gasteiger charge is 2.08. The van der Waals surface area contributed by atoms with Crippen LogP contribution in [0.5, 0.6) is 11.5 Å². The Hall–Kier alpha value is -2.01. The molecule has 1 heterocycles. The Morgan fingerprint density at radius 1 is 1.35 bits per heavy atom. The van der Waals surface area contributed by atoms with E-state index in [9.17, 15) is 0 Å². The van der Waals surface area contributed by atoms with Crippen molar-refractivity contribution in [2.75, 3.05) is 13.7 Å². The Kier molecular flexibility index (Phi) is 5.01. The fraction of sp³-hybridized carbons (Fsp3) is 0.400. The Labute approximate surface area is 119 Å². The van der Waals surface area contributed by atoms with E-state index in [1.54, 1.807) is 7.11 Å². The van der Waals surface area contributed by atoms with Crippen molar-refractivity contribution in [2.45, 2.75) is 26.4 Å². The molecule has 20 heavy (non-hydrogen) atoms. The number of ether oxygens (including phenoxy) is 2. The van der Waals surface area contributed by atoms with Gasteiger partial charge in [0.2, 0.25) is 0 Å². The molecule has 0 aliphatic rings. The highest BCUT2D eigenvalue weighted by Crippen LogP contribution is 2.28. The number of nitrogens with zero attached hydrogens (tertiary/aromatic N) is 1. The van der Waals surface area contributed by atoms with Gasteiger partial charge in [0.15, 0.2) is 11.5 Å². The molecule has 2 aromatic rings. The number of hydrogen-bond donors (Lipinski definition) is 2. The lowest BCUT2D eigenvalue weighted by Gasteiger charge is -2.14. The molecule has 5 nitrogen and oxygen atoms in total. The fourth-order valence-electron chi connectivity index (χ4n) is 1.99. The summed E-state index contributed by atoms with van der Waals surface area (Å²) in [6.45, 7) is 5.46. The van der Waals surface area contributed by atoms with Crippen LogP contribution in [-0.4, -0.2) is 23.9 Å². The summed E-state index contributed by atoms with van der Waals surface area (Å²) in [5.74, 6) is 1.55. The molecule has 1 aromatic carbocycles. The molecular formula is C15H21N3O2. The first-order valence-corrected chi connectivity index (χ1v) is 6.76. The van der Waals surface area contributed by atoms with Crippen molar-refractivity contribution >= 4 is 0 Å². The van der Waals surface area contributed by atoms with Crippen LogP contribution in [0, 0.1) is 0 Å². The van der Waals surface area contributed by atoms with E-state index in [0.29, 0.717) is 6.61 Å². The largest absolute Gasteiger partial charge is 0.493 e. The van der Waals surface area contributed by atoms with Gasteiger partial charge < -0.3 is 14.8 Å². The normalized spacial score (nSPS) is 12.2. The van der Waals surface area contributed by atoms with Crippen LogP contribution in [0.2, 0.25) is 0 Å². The molecule has 1 unspecified atom stereocenters. The van der Waals surface area contributed by atoms with E-state index < -0.39 is 0 Å². The minimum absolute atomic E-state index is 0.242. The summed E-state index contributed by atoms with van der Waals surface area (Å²) >= 11 is 0. The van der Waals surface area contributed by atoms with E-state index in [4.69, 9.17) is 9.47 Å². The van der Waals surface area contributed by atoms with Gasteiger partial charge in [-0.1, -0.05) is 6.07 Å². The van der Waals surface area contributed by atoms with Crippen molar-refractivity contribution in [3.63, 3.8) is 0 Å². The second kappa shape index (κ2) is 6.96. The van der Waals surface area contributed by atoms with Crippen molar-refractivity contribution in [1.82, 2.24) is 15.5 Å². The van der Waals surface area contributed by atoms with Gasteiger partial charge in [-0.3, -0.25) is 5.10 Å². The molecule has 0 saturated carbocycles. The van der Waals surface area contributed by atoms with Gasteiger partial charge in [0, 0.05) is 24.3 Å². The standard InChI is InChI=1S/C15H21N3O2/c1-4-20-15-7-12(5-6-14(15)19-3)8-16-11(2)13-9-17-18-10-13/h5-7,9-11,16H,4,8H2,1-3H3,(H,17,18). The number of aromatic amines is 1. The summed E-state index contributed by atoms with van der Waals surface area (Å²) in [6.07, 6.45) is 3.73. The van der Waals surface area contributed by atoms with Gasteiger partial charge in [-0.2, -0.15) is 5.10 Å². The average molecular weight is 275 g/mol. The quantitative estimate of drug-likeness (QED) is 0.815. The molecule has 0 spiro atoms. The van der Waals surface area contributed by atoms with E-state index in [2.05, 4.69) is 22.4 Å². The Balaban J connectivity index is 2.00. The predicted octanol–water partition coefficient (Wildman–Crippen LogP) is 2.67. The summed E-state index contributed by atoms with van der Waals surface area (Å²) in [5.41, 5.74) is 2.30. The van der Waals surface area contributed by atoms with Gasteiger partial charge in [0.05, 0.1) is 19.9 Å². The second-order valence-electron chi connectivity index (χ2n) is 4.55. The van der Waals surface area contributed by atoms with Crippen molar-refractivity contribution in [3.05, 3.63) is 41.7 Å². The molecule has 0 radical (unpaired) electrons. The predicted molar refractivity (Wildman–Crippen MR) is 78.0 cm³/mol. The molecule has 0 fully saturated rings. The number of rotatable bonds is 7. The third-order valence-electron chi connectivity index (χ3n) is 3.16. The molecule has 0 aliphatic carbocycles. The zero-order valence-electron chi connectivity index (χ0n) is 12.1. The van der Waals surface area contributed by atoms with Gasteiger partial charge in [0.1, 0.15) is 0 Å². The van der Waals surface area contributed by atoms with Gasteiger partial charge >= 0.3 is 0 Å². The van der Waals surface area contributed by atoms with E-state index in [1.165, 1.54) is 0 Å². The minimum atomic E-state index is 0.242. The maximum Gasteiger partial charge on any atom is 0.161 e. The summed E-state index contributed by atoms with van der Waals surface area (Å²) in [7, 11) is 1.65. The zero-order chi connectivity index (χ0) is 14.4. The summed E-state index contributed by atoms with van der Waals surface area (Å²) < 4.78 is 10.9.